The average Bonchev–Trinajstić information content (AvgIpc) is 2.92. The van der Waals surface area contributed by atoms with Crippen LogP contribution in [0.15, 0.2) is 58.1 Å². The first-order valence-corrected chi connectivity index (χ1v) is 9.58. The van der Waals surface area contributed by atoms with E-state index in [0.29, 0.717) is 10.6 Å². The summed E-state index contributed by atoms with van der Waals surface area (Å²) in [5.74, 6) is -0.278. The molecule has 2 aromatic carbocycles. The first-order chi connectivity index (χ1) is 12.9. The third kappa shape index (κ3) is 4.31. The average molecular weight is 445 g/mol. The molecule has 1 N–H and O–H groups in total. The lowest BCUT2D eigenvalue weighted by Gasteiger charge is -2.11. The van der Waals surface area contributed by atoms with Crippen LogP contribution >= 0.6 is 27.5 Å². The van der Waals surface area contributed by atoms with E-state index in [9.17, 15) is 4.79 Å². The first kappa shape index (κ1) is 19.4. The van der Waals surface area contributed by atoms with Crippen LogP contribution in [0.5, 0.6) is 0 Å². The largest absolute Gasteiger partial charge is 0.318 e. The summed E-state index contributed by atoms with van der Waals surface area (Å²) in [6.45, 7) is 6.15. The topological polar surface area (TPSA) is 46.4 Å². The number of aromatic nitrogens is 1. The van der Waals surface area contributed by atoms with Crippen LogP contribution in [-0.4, -0.2) is 16.7 Å². The predicted octanol–water partition coefficient (Wildman–Crippen LogP) is 5.58. The number of carbonyl (C=O) groups is 1. The fourth-order valence-electron chi connectivity index (χ4n) is 2.91. The van der Waals surface area contributed by atoms with E-state index in [-0.39, 0.29) is 5.91 Å². The van der Waals surface area contributed by atoms with Gasteiger partial charge in [0.1, 0.15) is 0 Å². The van der Waals surface area contributed by atoms with Crippen molar-refractivity contribution in [1.82, 2.24) is 9.99 Å². The van der Waals surface area contributed by atoms with Crippen molar-refractivity contribution in [2.24, 2.45) is 5.10 Å². The summed E-state index contributed by atoms with van der Waals surface area (Å²) in [5.41, 5.74) is 8.42. The summed E-state index contributed by atoms with van der Waals surface area (Å²) in [6.07, 6.45) is 1.67. The van der Waals surface area contributed by atoms with Crippen LogP contribution in [0.25, 0.3) is 5.69 Å². The number of hydrogen-bond donors (Lipinski definition) is 1. The Labute approximate surface area is 172 Å². The monoisotopic (exact) mass is 443 g/mol. The minimum atomic E-state index is -0.278. The fraction of sp³-hybridized carbons (Fsp3) is 0.143. The van der Waals surface area contributed by atoms with Crippen LogP contribution < -0.4 is 5.43 Å². The number of rotatable bonds is 4. The van der Waals surface area contributed by atoms with E-state index < -0.39 is 0 Å². The van der Waals surface area contributed by atoms with Crippen LogP contribution in [0.2, 0.25) is 5.02 Å². The highest BCUT2D eigenvalue weighted by Crippen LogP contribution is 2.24. The van der Waals surface area contributed by atoms with Crippen LogP contribution in [0, 0.1) is 20.8 Å². The van der Waals surface area contributed by atoms with Crippen molar-refractivity contribution < 1.29 is 4.79 Å². The van der Waals surface area contributed by atoms with Gasteiger partial charge in [0, 0.05) is 37.7 Å². The van der Waals surface area contributed by atoms with Crippen LogP contribution in [0.3, 0.4) is 0 Å². The summed E-state index contributed by atoms with van der Waals surface area (Å²) >= 11 is 9.37. The van der Waals surface area contributed by atoms with Crippen molar-refractivity contribution in [2.75, 3.05) is 0 Å². The molecule has 0 aliphatic heterocycles. The molecule has 138 valence electrons. The molecule has 0 saturated heterocycles. The predicted molar refractivity (Wildman–Crippen MR) is 114 cm³/mol. The van der Waals surface area contributed by atoms with Gasteiger partial charge in [-0.1, -0.05) is 27.5 Å². The van der Waals surface area contributed by atoms with Crippen LogP contribution in [0.1, 0.15) is 32.9 Å². The van der Waals surface area contributed by atoms with E-state index in [4.69, 9.17) is 11.6 Å². The zero-order valence-electron chi connectivity index (χ0n) is 15.3. The molecule has 0 aliphatic rings. The molecule has 0 bridgehead atoms. The van der Waals surface area contributed by atoms with E-state index in [0.717, 1.165) is 27.1 Å². The summed E-state index contributed by atoms with van der Waals surface area (Å²) in [7, 11) is 0. The van der Waals surface area contributed by atoms with Gasteiger partial charge in [-0.2, -0.15) is 5.10 Å². The number of benzene rings is 2. The molecule has 0 unspecified atom stereocenters. The Morgan fingerprint density at radius 1 is 1.11 bits per heavy atom. The normalized spacial score (nSPS) is 11.1. The second kappa shape index (κ2) is 8.11. The van der Waals surface area contributed by atoms with Gasteiger partial charge in [0.05, 0.1) is 6.21 Å². The third-order valence-electron chi connectivity index (χ3n) is 4.35. The van der Waals surface area contributed by atoms with Gasteiger partial charge in [-0.15, -0.1) is 0 Å². The molecular weight excluding hydrogens is 426 g/mol. The molecular formula is C21H19BrClN3O. The molecule has 6 heteroatoms. The molecule has 0 spiro atoms. The molecule has 3 rings (SSSR count). The summed E-state index contributed by atoms with van der Waals surface area (Å²) in [6, 6.07) is 15.0. The lowest BCUT2D eigenvalue weighted by Crippen LogP contribution is -2.17. The van der Waals surface area contributed by atoms with Gasteiger partial charge >= 0.3 is 0 Å². The molecule has 0 saturated carbocycles. The molecule has 1 amide bonds. The van der Waals surface area contributed by atoms with Gasteiger partial charge in [0.15, 0.2) is 0 Å². The Morgan fingerprint density at radius 2 is 1.81 bits per heavy atom. The van der Waals surface area contributed by atoms with Gasteiger partial charge in [0.25, 0.3) is 5.91 Å². The minimum absolute atomic E-state index is 0.278. The van der Waals surface area contributed by atoms with E-state index in [1.807, 2.05) is 26.0 Å². The highest BCUT2D eigenvalue weighted by molar-refractivity contribution is 9.10. The van der Waals surface area contributed by atoms with Gasteiger partial charge < -0.3 is 4.57 Å². The molecule has 0 fully saturated rings. The smallest absolute Gasteiger partial charge is 0.271 e. The lowest BCUT2D eigenvalue weighted by atomic mass is 10.2. The number of halogens is 2. The molecule has 0 aliphatic carbocycles. The SMILES string of the molecule is Cc1cc(-n2c(C)cc(/C=N\NC(=O)c3ccc(Cl)cc3)c2C)ccc1Br. The van der Waals surface area contributed by atoms with E-state index in [1.54, 1.807) is 30.5 Å². The summed E-state index contributed by atoms with van der Waals surface area (Å²) in [4.78, 5) is 12.1. The molecule has 27 heavy (non-hydrogen) atoms. The number of carbonyl (C=O) groups excluding carboxylic acids is 1. The fourth-order valence-corrected chi connectivity index (χ4v) is 3.28. The number of hydrogen-bond acceptors (Lipinski definition) is 2. The van der Waals surface area contributed by atoms with Gasteiger partial charge in [-0.05, 0) is 74.9 Å². The number of aryl methyl sites for hydroxylation is 2. The van der Waals surface area contributed by atoms with Crippen molar-refractivity contribution in [1.29, 1.82) is 0 Å². The zero-order valence-corrected chi connectivity index (χ0v) is 17.6. The van der Waals surface area contributed by atoms with Gasteiger partial charge in [-0.3, -0.25) is 4.79 Å². The Hall–Kier alpha value is -2.37. The van der Waals surface area contributed by atoms with Crippen LogP contribution in [0.4, 0.5) is 0 Å². The second-order valence-electron chi connectivity index (χ2n) is 6.30. The number of amides is 1. The molecule has 3 aromatic rings. The number of nitrogens with one attached hydrogen (secondary N) is 1. The maximum absolute atomic E-state index is 12.1. The van der Waals surface area contributed by atoms with Crippen molar-refractivity contribution in [3.8, 4) is 5.69 Å². The van der Waals surface area contributed by atoms with Crippen molar-refractivity contribution in [2.45, 2.75) is 20.8 Å². The molecule has 1 aromatic heterocycles. The highest BCUT2D eigenvalue weighted by atomic mass is 79.9. The maximum atomic E-state index is 12.1. The first-order valence-electron chi connectivity index (χ1n) is 8.41. The summed E-state index contributed by atoms with van der Waals surface area (Å²) < 4.78 is 3.25. The van der Waals surface area contributed by atoms with E-state index in [1.165, 1.54) is 5.56 Å². The zero-order chi connectivity index (χ0) is 19.6. The standard InChI is InChI=1S/C21H19BrClN3O/c1-13-10-19(8-9-20(13)22)26-14(2)11-17(15(26)3)12-24-25-21(27)16-4-6-18(23)7-5-16/h4-12H,1-3H3,(H,25,27)/b24-12-. The highest BCUT2D eigenvalue weighted by Gasteiger charge is 2.10. The number of nitrogens with zero attached hydrogens (tertiary/aromatic N) is 2. The molecule has 0 atom stereocenters. The Bertz CT molecular complexity index is 1020. The Kier molecular flexibility index (Phi) is 5.82. The molecule has 1 heterocycles. The lowest BCUT2D eigenvalue weighted by molar-refractivity contribution is 0.0955. The Balaban J connectivity index is 1.79. The quantitative estimate of drug-likeness (QED) is 0.414. The molecule has 4 nitrogen and oxygen atoms in total. The third-order valence-corrected chi connectivity index (χ3v) is 5.49. The Morgan fingerprint density at radius 3 is 2.48 bits per heavy atom. The number of hydrazone groups is 1. The van der Waals surface area contributed by atoms with E-state index >= 15 is 0 Å². The maximum Gasteiger partial charge on any atom is 0.271 e. The van der Waals surface area contributed by atoms with Crippen molar-refractivity contribution >= 4 is 39.7 Å². The molecule has 0 radical (unpaired) electrons. The van der Waals surface area contributed by atoms with Crippen LogP contribution in [-0.2, 0) is 0 Å². The van der Waals surface area contributed by atoms with E-state index in [2.05, 4.69) is 50.1 Å². The van der Waals surface area contributed by atoms with Crippen molar-refractivity contribution in [3.63, 3.8) is 0 Å². The van der Waals surface area contributed by atoms with Gasteiger partial charge in [0.2, 0.25) is 0 Å². The summed E-state index contributed by atoms with van der Waals surface area (Å²) in [5, 5.41) is 4.69. The minimum Gasteiger partial charge on any atom is -0.318 e. The van der Waals surface area contributed by atoms with Crippen molar-refractivity contribution in [3.05, 3.63) is 86.1 Å². The second-order valence-corrected chi connectivity index (χ2v) is 7.59. The van der Waals surface area contributed by atoms with Gasteiger partial charge in [-0.25, -0.2) is 5.43 Å².